The first-order valence-corrected chi connectivity index (χ1v) is 8.45. The number of rotatable bonds is 10. The molecule has 23 heavy (non-hydrogen) atoms. The molecule has 0 aliphatic carbocycles. The van der Waals surface area contributed by atoms with E-state index >= 15 is 0 Å². The van der Waals surface area contributed by atoms with Crippen LogP contribution in [0.3, 0.4) is 0 Å². The van der Waals surface area contributed by atoms with Gasteiger partial charge in [0.15, 0.2) is 0 Å². The van der Waals surface area contributed by atoms with Crippen molar-refractivity contribution < 1.29 is 29.7 Å². The van der Waals surface area contributed by atoms with Crippen molar-refractivity contribution in [1.29, 1.82) is 0 Å². The van der Waals surface area contributed by atoms with Crippen molar-refractivity contribution in [3.8, 4) is 0 Å². The Balaban J connectivity index is 4.91. The molecular weight excluding hydrogens is 326 g/mol. The molecule has 5 atom stereocenters. The molecule has 0 saturated carbocycles. The molecule has 0 aromatic heterocycles. The van der Waals surface area contributed by atoms with Crippen LogP contribution in [-0.4, -0.2) is 75.4 Å². The van der Waals surface area contributed by atoms with Crippen molar-refractivity contribution >= 4 is 29.5 Å². The van der Waals surface area contributed by atoms with Gasteiger partial charge in [-0.15, -0.1) is 0 Å². The predicted molar refractivity (Wildman–Crippen MR) is 85.8 cm³/mol. The molecule has 0 aromatic carbocycles. The van der Waals surface area contributed by atoms with Gasteiger partial charge in [-0.05, 0) is 32.3 Å². The fourth-order valence-corrected chi connectivity index (χ4v) is 2.10. The Labute approximate surface area is 139 Å². The SMILES string of the molecule is CSCCC(NC(=O)C(NC(=O)C(N)C(C)O)C(C)O)C(=O)O. The van der Waals surface area contributed by atoms with Crippen molar-refractivity contribution in [2.75, 3.05) is 12.0 Å². The van der Waals surface area contributed by atoms with Crippen LogP contribution in [-0.2, 0) is 14.4 Å². The molecule has 0 aliphatic heterocycles. The first-order chi connectivity index (χ1) is 10.6. The Morgan fingerprint density at radius 1 is 1.09 bits per heavy atom. The van der Waals surface area contributed by atoms with Gasteiger partial charge in [0.05, 0.1) is 12.2 Å². The Hall–Kier alpha value is -1.36. The fraction of sp³-hybridized carbons (Fsp3) is 0.769. The summed E-state index contributed by atoms with van der Waals surface area (Å²) in [5.41, 5.74) is 5.45. The third-order valence-corrected chi connectivity index (χ3v) is 3.75. The molecule has 7 N–H and O–H groups in total. The molecule has 0 radical (unpaired) electrons. The van der Waals surface area contributed by atoms with E-state index in [2.05, 4.69) is 10.6 Å². The number of aliphatic carboxylic acids is 1. The molecule has 0 saturated heterocycles. The van der Waals surface area contributed by atoms with Gasteiger partial charge >= 0.3 is 5.97 Å². The van der Waals surface area contributed by atoms with Gasteiger partial charge in [0, 0.05) is 0 Å². The van der Waals surface area contributed by atoms with Crippen LogP contribution in [0.4, 0.5) is 0 Å². The van der Waals surface area contributed by atoms with Gasteiger partial charge in [0.1, 0.15) is 18.1 Å². The number of hydrogen-bond acceptors (Lipinski definition) is 7. The number of carboxylic acid groups (broad SMARTS) is 1. The van der Waals surface area contributed by atoms with Gasteiger partial charge in [0.2, 0.25) is 11.8 Å². The van der Waals surface area contributed by atoms with Crippen molar-refractivity contribution in [1.82, 2.24) is 10.6 Å². The fourth-order valence-electron chi connectivity index (χ4n) is 1.63. The standard InChI is InChI=1S/C13H25N3O6S/c1-6(17)9(14)11(19)16-10(7(2)18)12(20)15-8(13(21)22)4-5-23-3/h6-10,17-18H,4-5,14H2,1-3H3,(H,15,20)(H,16,19)(H,21,22). The van der Waals surface area contributed by atoms with Crippen LogP contribution in [0.2, 0.25) is 0 Å². The summed E-state index contributed by atoms with van der Waals surface area (Å²) in [5, 5.41) is 32.5. The smallest absolute Gasteiger partial charge is 0.326 e. The van der Waals surface area contributed by atoms with Crippen LogP contribution in [0.5, 0.6) is 0 Å². The number of nitrogens with two attached hydrogens (primary N) is 1. The highest BCUT2D eigenvalue weighted by Crippen LogP contribution is 2.03. The van der Waals surface area contributed by atoms with Gasteiger partial charge in [0.25, 0.3) is 0 Å². The van der Waals surface area contributed by atoms with E-state index in [0.717, 1.165) is 0 Å². The third kappa shape index (κ3) is 7.64. The summed E-state index contributed by atoms with van der Waals surface area (Å²) in [6, 6.07) is -3.77. The van der Waals surface area contributed by atoms with Crippen molar-refractivity contribution in [2.24, 2.45) is 5.73 Å². The summed E-state index contributed by atoms with van der Waals surface area (Å²) in [6.07, 6.45) is -0.399. The van der Waals surface area contributed by atoms with E-state index in [4.69, 9.17) is 10.8 Å². The molecule has 0 rings (SSSR count). The highest BCUT2D eigenvalue weighted by Gasteiger charge is 2.31. The van der Waals surface area contributed by atoms with Crippen LogP contribution in [0, 0.1) is 0 Å². The van der Waals surface area contributed by atoms with Crippen molar-refractivity contribution in [2.45, 2.75) is 50.6 Å². The largest absolute Gasteiger partial charge is 0.480 e. The van der Waals surface area contributed by atoms with Crippen LogP contribution >= 0.6 is 11.8 Å². The molecule has 0 bridgehead atoms. The monoisotopic (exact) mass is 351 g/mol. The quantitative estimate of drug-likeness (QED) is 0.260. The van der Waals surface area contributed by atoms with Crippen LogP contribution < -0.4 is 16.4 Å². The molecule has 10 heteroatoms. The number of nitrogens with one attached hydrogen (secondary N) is 2. The van der Waals surface area contributed by atoms with Gasteiger partial charge in [-0.3, -0.25) is 9.59 Å². The lowest BCUT2D eigenvalue weighted by Crippen LogP contribution is -2.59. The summed E-state index contributed by atoms with van der Waals surface area (Å²) >= 11 is 1.43. The highest BCUT2D eigenvalue weighted by atomic mass is 32.2. The lowest BCUT2D eigenvalue weighted by atomic mass is 10.1. The second-order valence-corrected chi connectivity index (χ2v) is 6.16. The normalized spacial score (nSPS) is 17.5. The Morgan fingerprint density at radius 3 is 2.04 bits per heavy atom. The molecular formula is C13H25N3O6S. The Kier molecular flexibility index (Phi) is 9.80. The lowest BCUT2D eigenvalue weighted by Gasteiger charge is -2.25. The number of hydrogen-bond donors (Lipinski definition) is 6. The zero-order chi connectivity index (χ0) is 18.2. The number of carbonyl (C=O) groups excluding carboxylic acids is 2. The number of carboxylic acids is 1. The van der Waals surface area contributed by atoms with E-state index < -0.39 is 48.1 Å². The maximum absolute atomic E-state index is 12.1. The summed E-state index contributed by atoms with van der Waals surface area (Å²) in [4.78, 5) is 35.0. The van der Waals surface area contributed by atoms with Crippen LogP contribution in [0.1, 0.15) is 20.3 Å². The maximum Gasteiger partial charge on any atom is 0.326 e. The van der Waals surface area contributed by atoms with E-state index in [1.807, 2.05) is 0 Å². The zero-order valence-corrected chi connectivity index (χ0v) is 14.2. The lowest BCUT2D eigenvalue weighted by molar-refractivity contribution is -0.143. The second-order valence-electron chi connectivity index (χ2n) is 5.17. The molecule has 0 spiro atoms. The highest BCUT2D eigenvalue weighted by molar-refractivity contribution is 7.98. The molecule has 0 aromatic rings. The molecule has 0 fully saturated rings. The topological polar surface area (TPSA) is 162 Å². The van der Waals surface area contributed by atoms with Crippen molar-refractivity contribution in [3.05, 3.63) is 0 Å². The van der Waals surface area contributed by atoms with E-state index in [1.54, 1.807) is 6.26 Å². The van der Waals surface area contributed by atoms with E-state index in [9.17, 15) is 24.6 Å². The van der Waals surface area contributed by atoms with Crippen LogP contribution in [0.25, 0.3) is 0 Å². The molecule has 0 heterocycles. The number of thioether (sulfide) groups is 1. The number of carbonyl (C=O) groups is 3. The molecule has 0 aliphatic rings. The molecule has 5 unspecified atom stereocenters. The first kappa shape index (κ1) is 21.6. The van der Waals surface area contributed by atoms with Gasteiger partial charge in [-0.1, -0.05) is 0 Å². The average Bonchev–Trinajstić information content (AvgIpc) is 2.46. The van der Waals surface area contributed by atoms with E-state index in [-0.39, 0.29) is 6.42 Å². The van der Waals surface area contributed by atoms with E-state index in [1.165, 1.54) is 25.6 Å². The minimum absolute atomic E-state index is 0.204. The first-order valence-electron chi connectivity index (χ1n) is 7.06. The minimum Gasteiger partial charge on any atom is -0.480 e. The van der Waals surface area contributed by atoms with Gasteiger partial charge in [-0.2, -0.15) is 11.8 Å². The van der Waals surface area contributed by atoms with Crippen molar-refractivity contribution in [3.63, 3.8) is 0 Å². The minimum atomic E-state index is -1.37. The van der Waals surface area contributed by atoms with Gasteiger partial charge in [-0.25, -0.2) is 4.79 Å². The second kappa shape index (κ2) is 10.4. The average molecular weight is 351 g/mol. The molecule has 9 nitrogen and oxygen atoms in total. The summed E-state index contributed by atoms with van der Waals surface area (Å²) in [7, 11) is 0. The summed E-state index contributed by atoms with van der Waals surface area (Å²) in [5.74, 6) is -2.34. The van der Waals surface area contributed by atoms with E-state index in [0.29, 0.717) is 5.75 Å². The molecule has 2 amide bonds. The summed E-state index contributed by atoms with van der Waals surface area (Å²) < 4.78 is 0. The Morgan fingerprint density at radius 2 is 1.65 bits per heavy atom. The maximum atomic E-state index is 12.1. The number of aliphatic hydroxyl groups is 2. The zero-order valence-electron chi connectivity index (χ0n) is 13.4. The predicted octanol–water partition coefficient (Wildman–Crippen LogP) is -2.12. The number of amides is 2. The van der Waals surface area contributed by atoms with Gasteiger partial charge < -0.3 is 31.7 Å². The number of aliphatic hydroxyl groups excluding tert-OH is 2. The summed E-state index contributed by atoms with van der Waals surface area (Å²) in [6.45, 7) is 2.58. The third-order valence-electron chi connectivity index (χ3n) is 3.11. The van der Waals surface area contributed by atoms with Crippen LogP contribution in [0.15, 0.2) is 0 Å². The molecule has 134 valence electrons. The Bertz CT molecular complexity index is 419.